The van der Waals surface area contributed by atoms with Crippen molar-refractivity contribution in [3.63, 3.8) is 0 Å². The number of carbonyl (C=O) groups excluding carboxylic acids is 1. The molecule has 16 heavy (non-hydrogen) atoms. The Morgan fingerprint density at radius 2 is 2.31 bits per heavy atom. The van der Waals surface area contributed by atoms with Crippen molar-refractivity contribution in [1.82, 2.24) is 4.98 Å². The second kappa shape index (κ2) is 6.05. The van der Waals surface area contributed by atoms with Gasteiger partial charge in [0.25, 0.3) is 5.91 Å². The highest BCUT2D eigenvalue weighted by atomic mass is 16.2. The first kappa shape index (κ1) is 12.4. The number of anilines is 1. The summed E-state index contributed by atoms with van der Waals surface area (Å²) in [5, 5.41) is 0. The van der Waals surface area contributed by atoms with Crippen molar-refractivity contribution in [2.45, 2.75) is 26.7 Å². The first-order chi connectivity index (χ1) is 7.69. The van der Waals surface area contributed by atoms with Crippen molar-refractivity contribution < 1.29 is 4.79 Å². The van der Waals surface area contributed by atoms with E-state index >= 15 is 0 Å². The Balaban J connectivity index is 2.91. The fourth-order valence-electron chi connectivity index (χ4n) is 1.44. The molecule has 0 N–H and O–H groups in total. The fourth-order valence-corrected chi connectivity index (χ4v) is 1.44. The topological polar surface area (TPSA) is 33.2 Å². The van der Waals surface area contributed by atoms with Crippen LogP contribution in [0.25, 0.3) is 0 Å². The van der Waals surface area contributed by atoms with Gasteiger partial charge in [0.05, 0.1) is 0 Å². The maximum Gasteiger partial charge on any atom is 0.251 e. The lowest BCUT2D eigenvalue weighted by Gasteiger charge is -2.20. The van der Waals surface area contributed by atoms with Gasteiger partial charge in [-0.05, 0) is 31.6 Å². The van der Waals surface area contributed by atoms with Gasteiger partial charge < -0.3 is 0 Å². The summed E-state index contributed by atoms with van der Waals surface area (Å²) in [7, 11) is 0. The summed E-state index contributed by atoms with van der Waals surface area (Å²) in [4.78, 5) is 17.7. The summed E-state index contributed by atoms with van der Waals surface area (Å²) < 4.78 is 0. The second-order valence-corrected chi connectivity index (χ2v) is 3.68. The van der Waals surface area contributed by atoms with E-state index in [1.54, 1.807) is 4.90 Å². The molecule has 0 aliphatic carbocycles. The van der Waals surface area contributed by atoms with Crippen molar-refractivity contribution in [2.75, 3.05) is 11.4 Å². The van der Waals surface area contributed by atoms with E-state index in [1.165, 1.54) is 6.08 Å². The minimum atomic E-state index is -0.0912. The number of pyridine rings is 1. The molecule has 3 heteroatoms. The van der Waals surface area contributed by atoms with Gasteiger partial charge >= 0.3 is 0 Å². The number of nitrogens with zero attached hydrogens (tertiary/aromatic N) is 2. The molecule has 1 aromatic rings. The van der Waals surface area contributed by atoms with E-state index in [1.807, 2.05) is 25.1 Å². The third kappa shape index (κ3) is 3.19. The summed E-state index contributed by atoms with van der Waals surface area (Å²) >= 11 is 0. The largest absolute Gasteiger partial charge is 0.293 e. The molecule has 0 spiro atoms. The number of carbonyl (C=O) groups is 1. The number of aromatic nitrogens is 1. The number of aryl methyl sites for hydroxylation is 1. The fraction of sp³-hybridized carbons (Fsp3) is 0.385. The third-order valence-electron chi connectivity index (χ3n) is 2.33. The Morgan fingerprint density at radius 1 is 1.56 bits per heavy atom. The molecule has 1 amide bonds. The second-order valence-electron chi connectivity index (χ2n) is 3.68. The van der Waals surface area contributed by atoms with Crippen molar-refractivity contribution in [1.29, 1.82) is 0 Å². The predicted octanol–water partition coefficient (Wildman–Crippen LogP) is 2.71. The van der Waals surface area contributed by atoms with Gasteiger partial charge in [-0.2, -0.15) is 0 Å². The number of hydrogen-bond donors (Lipinski definition) is 0. The predicted molar refractivity (Wildman–Crippen MR) is 66.4 cm³/mol. The number of amides is 1. The average Bonchev–Trinajstić information content (AvgIpc) is 2.29. The Hall–Kier alpha value is -1.64. The molecule has 1 aromatic heterocycles. The quantitative estimate of drug-likeness (QED) is 0.712. The smallest absolute Gasteiger partial charge is 0.251 e. The molecule has 86 valence electrons. The molecule has 0 saturated heterocycles. The summed E-state index contributed by atoms with van der Waals surface area (Å²) in [5.41, 5.74) is 0.913. The normalized spacial score (nSPS) is 9.88. The van der Waals surface area contributed by atoms with Gasteiger partial charge in [-0.3, -0.25) is 9.69 Å². The summed E-state index contributed by atoms with van der Waals surface area (Å²) in [6, 6.07) is 5.68. The van der Waals surface area contributed by atoms with Crippen molar-refractivity contribution in [3.05, 3.63) is 36.5 Å². The van der Waals surface area contributed by atoms with Gasteiger partial charge in [-0.1, -0.05) is 26.0 Å². The molecule has 0 aromatic carbocycles. The van der Waals surface area contributed by atoms with E-state index in [4.69, 9.17) is 0 Å². The van der Waals surface area contributed by atoms with Crippen LogP contribution in [0.2, 0.25) is 0 Å². The number of unbranched alkanes of at least 4 members (excludes halogenated alkanes) is 1. The van der Waals surface area contributed by atoms with Gasteiger partial charge in [0.1, 0.15) is 5.82 Å². The Labute approximate surface area is 96.8 Å². The third-order valence-corrected chi connectivity index (χ3v) is 2.33. The van der Waals surface area contributed by atoms with Crippen LogP contribution < -0.4 is 4.90 Å². The molecule has 0 atom stereocenters. The Morgan fingerprint density at radius 3 is 2.88 bits per heavy atom. The Kier molecular flexibility index (Phi) is 4.70. The van der Waals surface area contributed by atoms with Crippen LogP contribution in [0.4, 0.5) is 5.82 Å². The molecule has 0 saturated carbocycles. The van der Waals surface area contributed by atoms with E-state index in [0.29, 0.717) is 12.4 Å². The molecule has 0 fully saturated rings. The standard InChI is InChI=1S/C13H18N2O/c1-4-6-10-15(13(16)5-2)12-9-7-8-11(3)14-12/h5,7-9H,2,4,6,10H2,1,3H3. The van der Waals surface area contributed by atoms with Gasteiger partial charge in [-0.25, -0.2) is 4.98 Å². The van der Waals surface area contributed by atoms with Gasteiger partial charge in [0, 0.05) is 12.2 Å². The molecule has 0 radical (unpaired) electrons. The number of rotatable bonds is 5. The van der Waals surface area contributed by atoms with Gasteiger partial charge in [0.15, 0.2) is 0 Å². The summed E-state index contributed by atoms with van der Waals surface area (Å²) in [6.45, 7) is 8.22. The molecular weight excluding hydrogens is 200 g/mol. The molecule has 0 bridgehead atoms. The van der Waals surface area contributed by atoms with E-state index in [9.17, 15) is 4.79 Å². The molecule has 0 aliphatic heterocycles. The lowest BCUT2D eigenvalue weighted by Crippen LogP contribution is -2.31. The van der Waals surface area contributed by atoms with Crippen LogP contribution >= 0.6 is 0 Å². The summed E-state index contributed by atoms with van der Waals surface area (Å²) in [6.07, 6.45) is 3.35. The zero-order valence-electron chi connectivity index (χ0n) is 9.94. The monoisotopic (exact) mass is 218 g/mol. The van der Waals surface area contributed by atoms with E-state index in [2.05, 4.69) is 18.5 Å². The highest BCUT2D eigenvalue weighted by Gasteiger charge is 2.12. The van der Waals surface area contributed by atoms with Crippen LogP contribution in [-0.4, -0.2) is 17.4 Å². The van der Waals surface area contributed by atoms with Gasteiger partial charge in [0.2, 0.25) is 0 Å². The minimum Gasteiger partial charge on any atom is -0.293 e. The molecule has 1 heterocycles. The molecular formula is C13H18N2O. The van der Waals surface area contributed by atoms with Crippen LogP contribution in [0, 0.1) is 6.92 Å². The van der Waals surface area contributed by atoms with Crippen LogP contribution in [-0.2, 0) is 4.79 Å². The minimum absolute atomic E-state index is 0.0912. The molecule has 1 rings (SSSR count). The maximum atomic E-state index is 11.7. The first-order valence-electron chi connectivity index (χ1n) is 5.56. The lowest BCUT2D eigenvalue weighted by molar-refractivity contribution is -0.114. The van der Waals surface area contributed by atoms with Crippen LogP contribution in [0.15, 0.2) is 30.9 Å². The maximum absolute atomic E-state index is 11.7. The van der Waals surface area contributed by atoms with Crippen molar-refractivity contribution in [2.24, 2.45) is 0 Å². The SMILES string of the molecule is C=CC(=O)N(CCCC)c1cccc(C)n1. The average molecular weight is 218 g/mol. The first-order valence-corrected chi connectivity index (χ1v) is 5.56. The van der Waals surface area contributed by atoms with E-state index in [0.717, 1.165) is 18.5 Å². The van der Waals surface area contributed by atoms with Crippen LogP contribution in [0.5, 0.6) is 0 Å². The molecule has 0 unspecified atom stereocenters. The zero-order valence-corrected chi connectivity index (χ0v) is 9.94. The Bertz CT molecular complexity index is 374. The highest BCUT2D eigenvalue weighted by molar-refractivity contribution is 6.00. The summed E-state index contributed by atoms with van der Waals surface area (Å²) in [5.74, 6) is 0.616. The van der Waals surface area contributed by atoms with E-state index < -0.39 is 0 Å². The molecule has 3 nitrogen and oxygen atoms in total. The molecule has 0 aliphatic rings. The van der Waals surface area contributed by atoms with E-state index in [-0.39, 0.29) is 5.91 Å². The van der Waals surface area contributed by atoms with Crippen LogP contribution in [0.3, 0.4) is 0 Å². The zero-order chi connectivity index (χ0) is 12.0. The van der Waals surface area contributed by atoms with Crippen molar-refractivity contribution in [3.8, 4) is 0 Å². The number of hydrogen-bond acceptors (Lipinski definition) is 2. The van der Waals surface area contributed by atoms with Crippen LogP contribution in [0.1, 0.15) is 25.5 Å². The van der Waals surface area contributed by atoms with Crippen molar-refractivity contribution >= 4 is 11.7 Å². The lowest BCUT2D eigenvalue weighted by atomic mass is 10.3. The van der Waals surface area contributed by atoms with Gasteiger partial charge in [-0.15, -0.1) is 0 Å². The highest BCUT2D eigenvalue weighted by Crippen LogP contribution is 2.12.